The third kappa shape index (κ3) is 5.79. The van der Waals surface area contributed by atoms with Crippen LogP contribution in [0.3, 0.4) is 0 Å². The van der Waals surface area contributed by atoms with Crippen LogP contribution in [0.15, 0.2) is 4.79 Å². The van der Waals surface area contributed by atoms with Gasteiger partial charge in [0.1, 0.15) is 11.6 Å². The van der Waals surface area contributed by atoms with Gasteiger partial charge in [-0.15, -0.1) is 0 Å². The number of nitrogens with one attached hydrogen (secondary N) is 1. The Balaban J connectivity index is 1.58. The molecule has 2 aliphatic carbocycles. The maximum Gasteiger partial charge on any atom is 0.306 e. The number of ether oxygens (including phenoxy) is 1. The third-order valence-corrected chi connectivity index (χ3v) is 7.08. The zero-order valence-corrected chi connectivity index (χ0v) is 19.4. The molecule has 2 fully saturated rings. The van der Waals surface area contributed by atoms with Crippen LogP contribution in [-0.4, -0.2) is 40.5 Å². The van der Waals surface area contributed by atoms with E-state index in [2.05, 4.69) is 9.88 Å². The molecule has 0 spiro atoms. The summed E-state index contributed by atoms with van der Waals surface area (Å²) in [6, 6.07) is 2.47. The van der Waals surface area contributed by atoms with Crippen molar-refractivity contribution in [2.45, 2.75) is 103 Å². The van der Waals surface area contributed by atoms with E-state index in [0.29, 0.717) is 17.7 Å². The summed E-state index contributed by atoms with van der Waals surface area (Å²) in [7, 11) is 0. The number of carbonyl (C=O) groups is 2. The van der Waals surface area contributed by atoms with Crippen LogP contribution in [0, 0.1) is 25.2 Å². The van der Waals surface area contributed by atoms with Gasteiger partial charge in [0.25, 0.3) is 11.5 Å². The molecule has 0 aliphatic heterocycles. The number of nitrogens with zero attached hydrogens (tertiary/aromatic N) is 2. The van der Waals surface area contributed by atoms with E-state index < -0.39 is 11.5 Å². The van der Waals surface area contributed by atoms with Crippen LogP contribution in [0.2, 0.25) is 0 Å². The van der Waals surface area contributed by atoms with Crippen molar-refractivity contribution in [2.24, 2.45) is 0 Å². The Bertz CT molecular complexity index is 900. The fourth-order valence-corrected chi connectivity index (χ4v) is 5.36. The SMILES string of the molecule is Cc1[nH]c(=O)c(C#N)c(C)c1CCC(=O)OCC(=O)N(C1CCCCC1)C1CCCCC1. The monoisotopic (exact) mass is 441 g/mol. The standard InChI is InChI=1S/C25H35N3O4/c1-17-21(18(2)27-25(31)22(17)15-26)13-14-24(30)32-16-23(29)28(19-9-5-3-6-10-19)20-11-7-4-8-12-20/h19-20H,3-14,16H2,1-2H3,(H,27,31). The molecule has 0 bridgehead atoms. The van der Waals surface area contributed by atoms with Gasteiger partial charge in [-0.2, -0.15) is 5.26 Å². The third-order valence-electron chi connectivity index (χ3n) is 7.08. The first-order valence-electron chi connectivity index (χ1n) is 12.0. The second-order valence-electron chi connectivity index (χ2n) is 9.21. The van der Waals surface area contributed by atoms with Crippen molar-refractivity contribution in [3.63, 3.8) is 0 Å². The van der Waals surface area contributed by atoms with Gasteiger partial charge in [0.15, 0.2) is 6.61 Å². The summed E-state index contributed by atoms with van der Waals surface area (Å²) < 4.78 is 5.38. The molecule has 1 aromatic rings. The maximum atomic E-state index is 13.1. The number of H-pyrrole nitrogens is 1. The van der Waals surface area contributed by atoms with E-state index in [9.17, 15) is 19.6 Å². The molecular weight excluding hydrogens is 406 g/mol. The normalized spacial score (nSPS) is 17.5. The predicted molar refractivity (Wildman–Crippen MR) is 121 cm³/mol. The summed E-state index contributed by atoms with van der Waals surface area (Å²) >= 11 is 0. The van der Waals surface area contributed by atoms with E-state index in [1.165, 1.54) is 12.8 Å². The first-order chi connectivity index (χ1) is 15.4. The Morgan fingerprint density at radius 3 is 2.12 bits per heavy atom. The molecule has 0 saturated heterocycles. The summed E-state index contributed by atoms with van der Waals surface area (Å²) in [4.78, 5) is 42.1. The number of hydrogen-bond acceptors (Lipinski definition) is 5. The van der Waals surface area contributed by atoms with E-state index in [1.54, 1.807) is 13.8 Å². The summed E-state index contributed by atoms with van der Waals surface area (Å²) in [6.07, 6.45) is 11.7. The summed E-state index contributed by atoms with van der Waals surface area (Å²) in [5, 5.41) is 9.20. The molecule has 0 unspecified atom stereocenters. The van der Waals surface area contributed by atoms with Gasteiger partial charge in [-0.3, -0.25) is 14.4 Å². The molecule has 32 heavy (non-hydrogen) atoms. The van der Waals surface area contributed by atoms with Crippen LogP contribution in [-0.2, 0) is 20.7 Å². The second-order valence-corrected chi connectivity index (χ2v) is 9.21. The van der Waals surface area contributed by atoms with Crippen molar-refractivity contribution < 1.29 is 14.3 Å². The molecule has 1 aromatic heterocycles. The Hall–Kier alpha value is -2.62. The van der Waals surface area contributed by atoms with Crippen molar-refractivity contribution in [3.8, 4) is 6.07 Å². The lowest BCUT2D eigenvalue weighted by Gasteiger charge is -2.41. The molecule has 0 aromatic carbocycles. The zero-order valence-electron chi connectivity index (χ0n) is 19.4. The van der Waals surface area contributed by atoms with Crippen molar-refractivity contribution in [1.29, 1.82) is 5.26 Å². The second kappa shape index (κ2) is 11.3. The van der Waals surface area contributed by atoms with E-state index in [-0.39, 0.29) is 36.6 Å². The first-order valence-corrected chi connectivity index (χ1v) is 12.0. The predicted octanol–water partition coefficient (Wildman–Crippen LogP) is 3.83. The number of carbonyl (C=O) groups excluding carboxylic acids is 2. The fraction of sp³-hybridized carbons (Fsp3) is 0.680. The molecule has 1 amide bonds. The fourth-order valence-electron chi connectivity index (χ4n) is 5.36. The zero-order chi connectivity index (χ0) is 23.1. The molecule has 7 heteroatoms. The highest BCUT2D eigenvalue weighted by Crippen LogP contribution is 2.30. The maximum absolute atomic E-state index is 13.1. The molecule has 2 aliphatic rings. The van der Waals surface area contributed by atoms with Crippen LogP contribution in [0.1, 0.15) is 93.0 Å². The Labute approximate surface area is 190 Å². The van der Waals surface area contributed by atoms with Crippen molar-refractivity contribution in [3.05, 3.63) is 32.7 Å². The molecule has 1 heterocycles. The number of esters is 1. The van der Waals surface area contributed by atoms with E-state index >= 15 is 0 Å². The summed E-state index contributed by atoms with van der Waals surface area (Å²) in [6.45, 7) is 3.27. The lowest BCUT2D eigenvalue weighted by molar-refractivity contribution is -0.155. The Morgan fingerprint density at radius 1 is 1.03 bits per heavy atom. The van der Waals surface area contributed by atoms with E-state index in [1.807, 2.05) is 6.07 Å². The largest absolute Gasteiger partial charge is 0.456 e. The van der Waals surface area contributed by atoms with Crippen molar-refractivity contribution in [1.82, 2.24) is 9.88 Å². The van der Waals surface area contributed by atoms with Gasteiger partial charge in [-0.05, 0) is 57.1 Å². The van der Waals surface area contributed by atoms with Crippen LogP contribution < -0.4 is 5.56 Å². The number of amides is 1. The number of rotatable bonds is 7. The number of pyridine rings is 1. The average molecular weight is 442 g/mol. The molecular formula is C25H35N3O4. The summed E-state index contributed by atoms with van der Waals surface area (Å²) in [5.74, 6) is -0.505. The van der Waals surface area contributed by atoms with E-state index in [0.717, 1.165) is 56.9 Å². The smallest absolute Gasteiger partial charge is 0.306 e. The van der Waals surface area contributed by atoms with Crippen molar-refractivity contribution >= 4 is 11.9 Å². The highest BCUT2D eigenvalue weighted by atomic mass is 16.5. The molecule has 3 rings (SSSR count). The quantitative estimate of drug-likeness (QED) is 0.648. The molecule has 0 radical (unpaired) electrons. The molecule has 7 nitrogen and oxygen atoms in total. The van der Waals surface area contributed by atoms with E-state index in [4.69, 9.17) is 4.74 Å². The van der Waals surface area contributed by atoms with Gasteiger partial charge in [-0.1, -0.05) is 38.5 Å². The lowest BCUT2D eigenvalue weighted by atomic mass is 9.88. The van der Waals surface area contributed by atoms with Crippen molar-refractivity contribution in [2.75, 3.05) is 6.61 Å². The Morgan fingerprint density at radius 2 is 1.59 bits per heavy atom. The van der Waals surface area contributed by atoms with Crippen LogP contribution in [0.4, 0.5) is 0 Å². The highest BCUT2D eigenvalue weighted by molar-refractivity contribution is 5.81. The van der Waals surface area contributed by atoms with Gasteiger partial charge < -0.3 is 14.6 Å². The molecule has 2 saturated carbocycles. The molecule has 1 N–H and O–H groups in total. The number of aryl methyl sites for hydroxylation is 1. The van der Waals surface area contributed by atoms with Gasteiger partial charge >= 0.3 is 5.97 Å². The minimum Gasteiger partial charge on any atom is -0.456 e. The number of aromatic nitrogens is 1. The first kappa shape index (κ1) is 24.0. The average Bonchev–Trinajstić information content (AvgIpc) is 2.79. The molecule has 174 valence electrons. The number of aromatic amines is 1. The minimum atomic E-state index is -0.436. The minimum absolute atomic E-state index is 0.0691. The number of hydrogen-bond donors (Lipinski definition) is 1. The highest BCUT2D eigenvalue weighted by Gasteiger charge is 2.32. The van der Waals surface area contributed by atoms with Crippen LogP contribution >= 0.6 is 0 Å². The lowest BCUT2D eigenvalue weighted by Crippen LogP contribution is -2.50. The Kier molecular flexibility index (Phi) is 8.49. The van der Waals surface area contributed by atoms with Gasteiger partial charge in [0, 0.05) is 24.2 Å². The van der Waals surface area contributed by atoms with Gasteiger partial charge in [-0.25, -0.2) is 0 Å². The summed E-state index contributed by atoms with van der Waals surface area (Å²) in [5.41, 5.74) is 1.68. The topological polar surface area (TPSA) is 103 Å². The number of nitriles is 1. The molecule has 0 atom stereocenters. The van der Waals surface area contributed by atoms with Crippen LogP contribution in [0.25, 0.3) is 0 Å². The van der Waals surface area contributed by atoms with Gasteiger partial charge in [0.05, 0.1) is 0 Å². The van der Waals surface area contributed by atoms with Gasteiger partial charge in [0.2, 0.25) is 0 Å². The van der Waals surface area contributed by atoms with Crippen LogP contribution in [0.5, 0.6) is 0 Å².